The second-order valence-corrected chi connectivity index (χ2v) is 3.14. The lowest BCUT2D eigenvalue weighted by Crippen LogP contribution is -2.37. The first-order valence-electron chi connectivity index (χ1n) is 3.88. The van der Waals surface area contributed by atoms with Crippen molar-refractivity contribution in [3.8, 4) is 0 Å². The summed E-state index contributed by atoms with van der Waals surface area (Å²) >= 11 is 0. The fraction of sp³-hybridized carbons (Fsp3) is 1.00. The van der Waals surface area contributed by atoms with Gasteiger partial charge in [-0.25, -0.2) is 0 Å². The van der Waals surface area contributed by atoms with Crippen LogP contribution in [-0.4, -0.2) is 46.7 Å². The van der Waals surface area contributed by atoms with Gasteiger partial charge in [0.05, 0.1) is 18.3 Å². The molecule has 0 amide bonds. The van der Waals surface area contributed by atoms with Gasteiger partial charge in [0, 0.05) is 19.0 Å². The first-order valence-corrected chi connectivity index (χ1v) is 3.88. The summed E-state index contributed by atoms with van der Waals surface area (Å²) in [5.41, 5.74) is 0. The summed E-state index contributed by atoms with van der Waals surface area (Å²) < 4.78 is 0. The molecule has 1 fully saturated rings. The van der Waals surface area contributed by atoms with Crippen LogP contribution in [0.1, 0.15) is 6.92 Å². The van der Waals surface area contributed by atoms with E-state index in [0.29, 0.717) is 13.1 Å². The molecule has 11 heavy (non-hydrogen) atoms. The molecule has 4 unspecified atom stereocenters. The van der Waals surface area contributed by atoms with Crippen LogP contribution < -0.4 is 5.32 Å². The maximum absolute atomic E-state index is 9.35. The molecule has 0 saturated carbocycles. The van der Waals surface area contributed by atoms with Gasteiger partial charge in [-0.05, 0) is 0 Å². The highest BCUT2D eigenvalue weighted by Crippen LogP contribution is 2.14. The molecular formula is C7H15NO3. The number of rotatable bonds is 0. The Morgan fingerprint density at radius 1 is 1.09 bits per heavy atom. The zero-order valence-electron chi connectivity index (χ0n) is 6.57. The van der Waals surface area contributed by atoms with Crippen molar-refractivity contribution < 1.29 is 15.3 Å². The maximum atomic E-state index is 9.35. The lowest BCUT2D eigenvalue weighted by atomic mass is 9.96. The standard InChI is InChI=1S/C7H15NO3/c1-4-5(9)2-8-3-6(10)7(4)11/h4-11H,2-3H2,1H3. The van der Waals surface area contributed by atoms with Crippen molar-refractivity contribution in [3.05, 3.63) is 0 Å². The van der Waals surface area contributed by atoms with Crippen LogP contribution in [0, 0.1) is 5.92 Å². The quantitative estimate of drug-likeness (QED) is 0.342. The summed E-state index contributed by atoms with van der Waals surface area (Å²) in [4.78, 5) is 0. The molecule has 0 bridgehead atoms. The molecule has 1 rings (SSSR count). The predicted octanol–water partition coefficient (Wildman–Crippen LogP) is -1.69. The van der Waals surface area contributed by atoms with Gasteiger partial charge in [0.15, 0.2) is 0 Å². The fourth-order valence-electron chi connectivity index (χ4n) is 1.26. The Hall–Kier alpha value is -0.160. The molecule has 0 aromatic heterocycles. The Morgan fingerprint density at radius 2 is 1.64 bits per heavy atom. The van der Waals surface area contributed by atoms with Gasteiger partial charge in [-0.1, -0.05) is 6.92 Å². The molecule has 0 aliphatic carbocycles. The van der Waals surface area contributed by atoms with Gasteiger partial charge in [0.25, 0.3) is 0 Å². The minimum atomic E-state index is -0.819. The summed E-state index contributed by atoms with van der Waals surface area (Å²) in [5.74, 6) is -0.264. The van der Waals surface area contributed by atoms with Crippen molar-refractivity contribution in [3.63, 3.8) is 0 Å². The third-order valence-electron chi connectivity index (χ3n) is 2.25. The topological polar surface area (TPSA) is 72.7 Å². The van der Waals surface area contributed by atoms with E-state index in [9.17, 15) is 15.3 Å². The number of nitrogens with one attached hydrogen (secondary N) is 1. The van der Waals surface area contributed by atoms with Gasteiger partial charge < -0.3 is 20.6 Å². The van der Waals surface area contributed by atoms with Crippen LogP contribution >= 0.6 is 0 Å². The molecule has 0 aromatic carbocycles. The van der Waals surface area contributed by atoms with Gasteiger partial charge in [-0.15, -0.1) is 0 Å². The average Bonchev–Trinajstić information content (AvgIpc) is 2.07. The summed E-state index contributed by atoms with van der Waals surface area (Å²) in [6.45, 7) is 2.52. The maximum Gasteiger partial charge on any atom is 0.0926 e. The Kier molecular flexibility index (Phi) is 2.84. The Labute approximate surface area is 65.9 Å². The average molecular weight is 161 g/mol. The third kappa shape index (κ3) is 1.90. The first-order chi connectivity index (χ1) is 5.13. The molecule has 66 valence electrons. The molecule has 4 N–H and O–H groups in total. The highest BCUT2D eigenvalue weighted by molar-refractivity contribution is 4.84. The number of aliphatic hydroxyl groups is 3. The Balaban J connectivity index is 2.58. The van der Waals surface area contributed by atoms with Crippen molar-refractivity contribution in [2.75, 3.05) is 13.1 Å². The molecule has 4 heteroatoms. The molecular weight excluding hydrogens is 146 g/mol. The highest BCUT2D eigenvalue weighted by Gasteiger charge is 2.30. The van der Waals surface area contributed by atoms with Crippen LogP contribution in [0.4, 0.5) is 0 Å². The zero-order chi connectivity index (χ0) is 8.43. The van der Waals surface area contributed by atoms with Gasteiger partial charge in [0.2, 0.25) is 0 Å². The van der Waals surface area contributed by atoms with Crippen LogP contribution in [-0.2, 0) is 0 Å². The summed E-state index contributed by atoms with van der Waals surface area (Å²) in [5, 5.41) is 30.7. The normalized spacial score (nSPS) is 46.9. The zero-order valence-corrected chi connectivity index (χ0v) is 6.57. The number of β-amino-alcohol motifs (C(OH)–C–C–N with tert-alkyl or cyclic N) is 2. The molecule has 0 aromatic rings. The summed E-state index contributed by atoms with van der Waals surface area (Å²) in [7, 11) is 0. The van der Waals surface area contributed by atoms with E-state index in [1.165, 1.54) is 0 Å². The largest absolute Gasteiger partial charge is 0.391 e. The molecule has 0 radical (unpaired) electrons. The first kappa shape index (κ1) is 8.93. The molecule has 4 atom stereocenters. The van der Waals surface area contributed by atoms with Crippen molar-refractivity contribution >= 4 is 0 Å². The fourth-order valence-corrected chi connectivity index (χ4v) is 1.26. The second-order valence-electron chi connectivity index (χ2n) is 3.14. The van der Waals surface area contributed by atoms with Gasteiger partial charge in [-0.3, -0.25) is 0 Å². The molecule has 4 nitrogen and oxygen atoms in total. The van der Waals surface area contributed by atoms with Crippen LogP contribution in [0.25, 0.3) is 0 Å². The van der Waals surface area contributed by atoms with E-state index < -0.39 is 18.3 Å². The van der Waals surface area contributed by atoms with E-state index in [-0.39, 0.29) is 5.92 Å². The van der Waals surface area contributed by atoms with E-state index in [0.717, 1.165) is 0 Å². The van der Waals surface area contributed by atoms with Crippen molar-refractivity contribution in [1.82, 2.24) is 5.32 Å². The van der Waals surface area contributed by atoms with Crippen molar-refractivity contribution in [2.45, 2.75) is 25.2 Å². The SMILES string of the molecule is CC1C(O)CNCC(O)C1O. The van der Waals surface area contributed by atoms with Crippen LogP contribution in [0.15, 0.2) is 0 Å². The molecule has 1 saturated heterocycles. The third-order valence-corrected chi connectivity index (χ3v) is 2.25. The van der Waals surface area contributed by atoms with Crippen molar-refractivity contribution in [2.24, 2.45) is 5.92 Å². The van der Waals surface area contributed by atoms with E-state index in [2.05, 4.69) is 5.32 Å². The van der Waals surface area contributed by atoms with Crippen LogP contribution in [0.3, 0.4) is 0 Å². The Bertz CT molecular complexity index is 117. The van der Waals surface area contributed by atoms with Crippen LogP contribution in [0.2, 0.25) is 0 Å². The minimum absolute atomic E-state index is 0.264. The van der Waals surface area contributed by atoms with Crippen molar-refractivity contribution in [1.29, 1.82) is 0 Å². The molecule has 1 aliphatic heterocycles. The molecule has 0 spiro atoms. The molecule has 1 aliphatic rings. The van der Waals surface area contributed by atoms with Crippen LogP contribution in [0.5, 0.6) is 0 Å². The smallest absolute Gasteiger partial charge is 0.0926 e. The number of aliphatic hydroxyl groups excluding tert-OH is 3. The van der Waals surface area contributed by atoms with Gasteiger partial charge in [0.1, 0.15) is 0 Å². The lowest BCUT2D eigenvalue weighted by molar-refractivity contribution is -0.0331. The van der Waals surface area contributed by atoms with E-state index in [1.54, 1.807) is 6.92 Å². The summed E-state index contributed by atoms with van der Waals surface area (Å²) in [6, 6.07) is 0. The lowest BCUT2D eigenvalue weighted by Gasteiger charge is -2.22. The van der Waals surface area contributed by atoms with E-state index in [1.807, 2.05) is 0 Å². The monoisotopic (exact) mass is 161 g/mol. The minimum Gasteiger partial charge on any atom is -0.391 e. The number of hydrogen-bond acceptors (Lipinski definition) is 4. The predicted molar refractivity (Wildman–Crippen MR) is 40.1 cm³/mol. The summed E-state index contributed by atoms with van der Waals surface area (Å²) in [6.07, 6.45) is -2.15. The van der Waals surface area contributed by atoms with E-state index in [4.69, 9.17) is 0 Å². The second kappa shape index (κ2) is 3.49. The highest BCUT2D eigenvalue weighted by atomic mass is 16.3. The van der Waals surface area contributed by atoms with E-state index >= 15 is 0 Å². The number of hydrogen-bond donors (Lipinski definition) is 4. The Morgan fingerprint density at radius 3 is 2.27 bits per heavy atom. The van der Waals surface area contributed by atoms with Gasteiger partial charge in [-0.2, -0.15) is 0 Å². The molecule has 1 heterocycles. The van der Waals surface area contributed by atoms with Gasteiger partial charge >= 0.3 is 0 Å².